The molecule has 2 aromatic carbocycles. The summed E-state index contributed by atoms with van der Waals surface area (Å²) >= 11 is 1.90. The van der Waals surface area contributed by atoms with E-state index in [1.54, 1.807) is 18.2 Å². The molecule has 0 unspecified atom stereocenters. The number of carbonyl (C=O) groups is 2. The molecule has 7 nitrogen and oxygen atoms in total. The molecule has 27 heavy (non-hydrogen) atoms. The van der Waals surface area contributed by atoms with Gasteiger partial charge in [-0.15, -0.1) is 0 Å². The van der Waals surface area contributed by atoms with Gasteiger partial charge in [-0.05, 0) is 46.9 Å². The van der Waals surface area contributed by atoms with Crippen LogP contribution in [0.5, 0.6) is 0 Å². The normalized spacial score (nSPS) is 11.0. The lowest BCUT2D eigenvalue weighted by atomic mass is 10.1. The predicted octanol–water partition coefficient (Wildman–Crippen LogP) is 4.01. The third-order valence-corrected chi connectivity index (χ3v) is 4.16. The topological polar surface area (TPSA) is 98.5 Å². The van der Waals surface area contributed by atoms with Crippen LogP contribution in [0.1, 0.15) is 15.9 Å². The highest BCUT2D eigenvalue weighted by Gasteiger charge is 2.33. The second kappa shape index (κ2) is 8.33. The second-order valence-corrected chi connectivity index (χ2v) is 6.25. The van der Waals surface area contributed by atoms with E-state index in [9.17, 15) is 32.9 Å². The molecular formula is C16H10F3IN2O5. The molecule has 0 saturated heterocycles. The second-order valence-electron chi connectivity index (χ2n) is 5.09. The molecule has 0 aliphatic rings. The number of rotatable bonds is 5. The number of hydrogen-bond acceptors (Lipinski definition) is 5. The van der Waals surface area contributed by atoms with E-state index in [1.807, 2.05) is 22.6 Å². The molecule has 142 valence electrons. The summed E-state index contributed by atoms with van der Waals surface area (Å²) < 4.78 is 43.4. The lowest BCUT2D eigenvalue weighted by molar-refractivity contribution is -0.384. The van der Waals surface area contributed by atoms with E-state index >= 15 is 0 Å². The van der Waals surface area contributed by atoms with E-state index in [2.05, 4.69) is 5.32 Å². The number of anilines is 1. The highest BCUT2D eigenvalue weighted by molar-refractivity contribution is 14.1. The first-order valence-electron chi connectivity index (χ1n) is 7.16. The van der Waals surface area contributed by atoms with Crippen LogP contribution in [0.25, 0.3) is 0 Å². The zero-order valence-corrected chi connectivity index (χ0v) is 15.4. The Hall–Kier alpha value is -2.70. The minimum Gasteiger partial charge on any atom is -0.452 e. The summed E-state index contributed by atoms with van der Waals surface area (Å²) in [6.07, 6.45) is -4.77. The fourth-order valence-electron chi connectivity index (χ4n) is 1.99. The molecule has 2 aromatic rings. The summed E-state index contributed by atoms with van der Waals surface area (Å²) in [6.45, 7) is -0.762. The van der Waals surface area contributed by atoms with Gasteiger partial charge in [0, 0.05) is 9.64 Å². The van der Waals surface area contributed by atoms with Crippen LogP contribution in [0, 0.1) is 13.7 Å². The molecule has 1 amide bonds. The number of amides is 1. The molecule has 0 atom stereocenters. The summed E-state index contributed by atoms with van der Waals surface area (Å²) in [5, 5.41) is 13.0. The van der Waals surface area contributed by atoms with Gasteiger partial charge in [0.1, 0.15) is 5.69 Å². The van der Waals surface area contributed by atoms with Crippen molar-refractivity contribution in [3.05, 3.63) is 67.3 Å². The van der Waals surface area contributed by atoms with Crippen molar-refractivity contribution in [1.29, 1.82) is 0 Å². The van der Waals surface area contributed by atoms with Crippen LogP contribution in [-0.2, 0) is 15.7 Å². The van der Waals surface area contributed by atoms with E-state index in [1.165, 1.54) is 6.07 Å². The monoisotopic (exact) mass is 494 g/mol. The van der Waals surface area contributed by atoms with Gasteiger partial charge in [-0.3, -0.25) is 14.9 Å². The number of esters is 1. The van der Waals surface area contributed by atoms with Crippen LogP contribution < -0.4 is 5.32 Å². The molecule has 1 N–H and O–H groups in total. The maximum atomic E-state index is 12.7. The number of benzene rings is 2. The SMILES string of the molecule is O=C(COC(=O)c1ccccc1I)Nc1ccc(C(F)(F)F)cc1[N+](=O)[O-]. The smallest absolute Gasteiger partial charge is 0.416 e. The Kier molecular flexibility index (Phi) is 6.36. The molecule has 11 heteroatoms. The van der Waals surface area contributed by atoms with E-state index in [0.717, 1.165) is 6.07 Å². The number of halogens is 4. The molecule has 0 bridgehead atoms. The Morgan fingerprint density at radius 1 is 1.19 bits per heavy atom. The average Bonchev–Trinajstić information content (AvgIpc) is 2.59. The molecule has 2 rings (SSSR count). The Morgan fingerprint density at radius 2 is 1.85 bits per heavy atom. The summed E-state index contributed by atoms with van der Waals surface area (Å²) in [5.74, 6) is -1.71. The third kappa shape index (κ3) is 5.39. The number of alkyl halides is 3. The van der Waals surface area contributed by atoms with Crippen molar-refractivity contribution in [2.24, 2.45) is 0 Å². The minimum atomic E-state index is -4.77. The highest BCUT2D eigenvalue weighted by Crippen LogP contribution is 2.34. The van der Waals surface area contributed by atoms with Crippen molar-refractivity contribution < 1.29 is 32.4 Å². The molecule has 0 heterocycles. The maximum absolute atomic E-state index is 12.7. The fraction of sp³-hybridized carbons (Fsp3) is 0.125. The van der Waals surface area contributed by atoms with Crippen molar-refractivity contribution in [3.8, 4) is 0 Å². The number of nitro groups is 1. The van der Waals surface area contributed by atoms with Crippen molar-refractivity contribution in [2.45, 2.75) is 6.18 Å². The zero-order valence-electron chi connectivity index (χ0n) is 13.2. The van der Waals surface area contributed by atoms with Crippen LogP contribution in [-0.4, -0.2) is 23.4 Å². The number of ether oxygens (including phenoxy) is 1. The summed E-state index contributed by atoms with van der Waals surface area (Å²) in [7, 11) is 0. The first-order chi connectivity index (χ1) is 12.6. The van der Waals surface area contributed by atoms with Crippen molar-refractivity contribution in [1.82, 2.24) is 0 Å². The Bertz CT molecular complexity index is 902. The summed E-state index contributed by atoms with van der Waals surface area (Å²) in [6, 6.07) is 8.13. The minimum absolute atomic E-state index is 0.228. The van der Waals surface area contributed by atoms with Crippen LogP contribution in [0.2, 0.25) is 0 Å². The molecule has 0 aromatic heterocycles. The van der Waals surface area contributed by atoms with Gasteiger partial charge in [-0.2, -0.15) is 13.2 Å². The summed E-state index contributed by atoms with van der Waals surface area (Å²) in [5.41, 5.74) is -2.37. The Morgan fingerprint density at radius 3 is 2.44 bits per heavy atom. The standard InChI is InChI=1S/C16H10F3IN2O5/c17-16(18,19)9-5-6-12(13(7-9)22(25)26)21-14(23)8-27-15(24)10-3-1-2-4-11(10)20/h1-7H,8H2,(H,21,23). The fourth-order valence-corrected chi connectivity index (χ4v) is 2.59. The van der Waals surface area contributed by atoms with Gasteiger partial charge in [-0.25, -0.2) is 4.79 Å². The van der Waals surface area contributed by atoms with Crippen molar-refractivity contribution in [2.75, 3.05) is 11.9 Å². The van der Waals surface area contributed by atoms with E-state index in [0.29, 0.717) is 15.7 Å². The van der Waals surface area contributed by atoms with Crippen LogP contribution in [0.15, 0.2) is 42.5 Å². The van der Waals surface area contributed by atoms with E-state index < -0.39 is 46.5 Å². The predicted molar refractivity (Wildman–Crippen MR) is 96.2 cm³/mol. The van der Waals surface area contributed by atoms with Gasteiger partial charge in [0.05, 0.1) is 16.1 Å². The quantitative estimate of drug-likeness (QED) is 0.293. The average molecular weight is 494 g/mol. The van der Waals surface area contributed by atoms with Crippen LogP contribution >= 0.6 is 22.6 Å². The molecule has 0 fully saturated rings. The third-order valence-electron chi connectivity index (χ3n) is 3.22. The number of nitrogens with zero attached hydrogens (tertiary/aromatic N) is 1. The summed E-state index contributed by atoms with van der Waals surface area (Å²) in [4.78, 5) is 33.7. The van der Waals surface area contributed by atoms with E-state index in [4.69, 9.17) is 4.74 Å². The van der Waals surface area contributed by atoms with Crippen molar-refractivity contribution in [3.63, 3.8) is 0 Å². The largest absolute Gasteiger partial charge is 0.452 e. The van der Waals surface area contributed by atoms with Crippen molar-refractivity contribution >= 4 is 45.8 Å². The lowest BCUT2D eigenvalue weighted by Gasteiger charge is -2.10. The molecule has 0 aliphatic heterocycles. The molecule has 0 radical (unpaired) electrons. The lowest BCUT2D eigenvalue weighted by Crippen LogP contribution is -2.22. The van der Waals surface area contributed by atoms with Gasteiger partial charge < -0.3 is 10.1 Å². The number of nitro benzene ring substituents is 1. The van der Waals surface area contributed by atoms with E-state index in [-0.39, 0.29) is 5.56 Å². The molecular weight excluding hydrogens is 484 g/mol. The van der Waals surface area contributed by atoms with Gasteiger partial charge in [0.25, 0.3) is 11.6 Å². The van der Waals surface area contributed by atoms with Crippen LogP contribution in [0.4, 0.5) is 24.5 Å². The number of carbonyl (C=O) groups excluding carboxylic acids is 2. The first kappa shape index (κ1) is 20.6. The maximum Gasteiger partial charge on any atom is 0.416 e. The molecule has 0 spiro atoms. The highest BCUT2D eigenvalue weighted by atomic mass is 127. The van der Waals surface area contributed by atoms with Gasteiger partial charge >= 0.3 is 12.1 Å². The Labute approximate surface area is 163 Å². The Balaban J connectivity index is 2.08. The van der Waals surface area contributed by atoms with Gasteiger partial charge in [-0.1, -0.05) is 12.1 Å². The van der Waals surface area contributed by atoms with Crippen LogP contribution in [0.3, 0.4) is 0 Å². The zero-order chi connectivity index (χ0) is 20.2. The molecule has 0 saturated carbocycles. The first-order valence-corrected chi connectivity index (χ1v) is 8.24. The van der Waals surface area contributed by atoms with Gasteiger partial charge in [0.2, 0.25) is 0 Å². The molecule has 0 aliphatic carbocycles. The van der Waals surface area contributed by atoms with Gasteiger partial charge in [0.15, 0.2) is 6.61 Å². The number of nitrogens with one attached hydrogen (secondary N) is 1. The number of hydrogen-bond donors (Lipinski definition) is 1.